The highest BCUT2D eigenvalue weighted by Gasteiger charge is 2.52. The van der Waals surface area contributed by atoms with Crippen LogP contribution >= 0.6 is 23.5 Å². The number of rotatable bonds is 6. The van der Waals surface area contributed by atoms with Gasteiger partial charge in [0.2, 0.25) is 11.6 Å². The summed E-state index contributed by atoms with van der Waals surface area (Å²) in [7, 11) is 1.25. The van der Waals surface area contributed by atoms with Gasteiger partial charge >= 0.3 is 11.9 Å². The molecular weight excluding hydrogens is 530 g/mol. The van der Waals surface area contributed by atoms with Gasteiger partial charge in [0.15, 0.2) is 5.76 Å². The molecule has 38 heavy (non-hydrogen) atoms. The van der Waals surface area contributed by atoms with E-state index in [4.69, 9.17) is 24.1 Å². The number of ether oxygens (including phenoxy) is 1. The predicted octanol–water partition coefficient (Wildman–Crippen LogP) is 3.85. The molecule has 0 radical (unpaired) electrons. The topological polar surface area (TPSA) is 138 Å². The number of esters is 2. The molecule has 2 aliphatic heterocycles. The highest BCUT2D eigenvalue weighted by Crippen LogP contribution is 2.45. The van der Waals surface area contributed by atoms with Crippen LogP contribution < -0.4 is 5.73 Å². The normalized spacial score (nSPS) is 19.5. The molecule has 1 saturated heterocycles. The molecule has 1 fully saturated rings. The largest absolute Gasteiger partial charge is 0.462 e. The Balaban J connectivity index is 1.35. The summed E-state index contributed by atoms with van der Waals surface area (Å²) in [6, 6.07) is 15.7. The SMILES string of the molecule is CON=C(C(=O)OC(=O)C1=C(Sc2ccc3oc4ccccc4c3c2)CS[C@H]2C(N)C(=O)N12)c1ccco1. The number of nitrogens with two attached hydrogens (primary N) is 1. The van der Waals surface area contributed by atoms with Crippen LogP contribution in [0.1, 0.15) is 5.76 Å². The van der Waals surface area contributed by atoms with E-state index in [1.165, 1.54) is 47.9 Å². The number of furan rings is 2. The van der Waals surface area contributed by atoms with Gasteiger partial charge in [-0.05, 0) is 36.4 Å². The lowest BCUT2D eigenvalue weighted by Gasteiger charge is -2.48. The zero-order valence-electron chi connectivity index (χ0n) is 19.8. The predicted molar refractivity (Wildman–Crippen MR) is 141 cm³/mol. The van der Waals surface area contributed by atoms with Crippen molar-refractivity contribution in [1.82, 2.24) is 4.90 Å². The first-order valence-corrected chi connectivity index (χ1v) is 13.3. The number of β-lactam (4-membered cyclic amide) rings is 1. The molecule has 0 aliphatic carbocycles. The highest BCUT2D eigenvalue weighted by atomic mass is 32.2. The fraction of sp³-hybridized carbons (Fsp3) is 0.154. The van der Waals surface area contributed by atoms with E-state index < -0.39 is 29.3 Å². The van der Waals surface area contributed by atoms with E-state index >= 15 is 0 Å². The summed E-state index contributed by atoms with van der Waals surface area (Å²) < 4.78 is 16.3. The Bertz CT molecular complexity index is 1660. The molecule has 10 nitrogen and oxygen atoms in total. The molecule has 12 heteroatoms. The van der Waals surface area contributed by atoms with Crippen molar-refractivity contribution in [2.45, 2.75) is 16.3 Å². The van der Waals surface area contributed by atoms with E-state index in [1.807, 2.05) is 42.5 Å². The van der Waals surface area contributed by atoms with Gasteiger partial charge in [-0.3, -0.25) is 9.69 Å². The van der Waals surface area contributed by atoms with Crippen molar-refractivity contribution in [3.8, 4) is 0 Å². The second-order valence-corrected chi connectivity index (χ2v) is 10.6. The Labute approximate surface area is 223 Å². The third-order valence-corrected chi connectivity index (χ3v) is 8.63. The summed E-state index contributed by atoms with van der Waals surface area (Å²) in [4.78, 5) is 46.3. The lowest BCUT2D eigenvalue weighted by atomic mass is 10.1. The Kier molecular flexibility index (Phi) is 6.22. The lowest BCUT2D eigenvalue weighted by Crippen LogP contribution is -2.68. The zero-order chi connectivity index (χ0) is 26.4. The number of hydrogen-bond donors (Lipinski definition) is 1. The zero-order valence-corrected chi connectivity index (χ0v) is 21.4. The fourth-order valence-electron chi connectivity index (χ4n) is 4.34. The van der Waals surface area contributed by atoms with E-state index in [1.54, 1.807) is 6.07 Å². The Hall–Kier alpha value is -4.00. The van der Waals surface area contributed by atoms with Gasteiger partial charge in [-0.1, -0.05) is 35.1 Å². The minimum absolute atomic E-state index is 0.0211. The standard InChI is InChI=1S/C26H19N3O7S2/c1-33-28-21(18-7-4-10-34-18)25(31)36-26(32)22-19(12-37-24-20(27)23(30)29(22)24)38-13-8-9-17-15(11-13)14-5-2-3-6-16(14)35-17/h2-11,20,24H,12,27H2,1H3/t20?,24-/m0/s1. The Morgan fingerprint density at radius 3 is 2.74 bits per heavy atom. The average Bonchev–Trinajstić information content (AvgIpc) is 3.59. The van der Waals surface area contributed by atoms with Crippen LogP contribution in [0.3, 0.4) is 0 Å². The maximum absolute atomic E-state index is 13.4. The quantitative estimate of drug-likeness (QED) is 0.124. The van der Waals surface area contributed by atoms with Gasteiger partial charge in [-0.25, -0.2) is 9.59 Å². The number of amides is 1. The van der Waals surface area contributed by atoms with Gasteiger partial charge in [0, 0.05) is 26.3 Å². The van der Waals surface area contributed by atoms with Gasteiger partial charge in [0.25, 0.3) is 0 Å². The van der Waals surface area contributed by atoms with Gasteiger partial charge in [0.05, 0.1) is 6.26 Å². The third-order valence-electron chi connectivity index (χ3n) is 6.07. The lowest BCUT2D eigenvalue weighted by molar-refractivity contribution is -0.157. The number of benzene rings is 2. The molecule has 1 amide bonds. The number of thioether (sulfide) groups is 2. The molecule has 4 aromatic rings. The van der Waals surface area contributed by atoms with Crippen LogP contribution in [0, 0.1) is 0 Å². The smallest absolute Gasteiger partial charge is 0.372 e. The van der Waals surface area contributed by atoms with Crippen molar-refractivity contribution in [2.24, 2.45) is 10.9 Å². The molecule has 0 bridgehead atoms. The Morgan fingerprint density at radius 2 is 1.95 bits per heavy atom. The fourth-order valence-corrected chi connectivity index (χ4v) is 6.79. The van der Waals surface area contributed by atoms with Gasteiger partial charge in [-0.15, -0.1) is 11.8 Å². The molecular formula is C26H19N3O7S2. The minimum Gasteiger partial charge on any atom is -0.462 e. The van der Waals surface area contributed by atoms with Crippen LogP contribution in [0.15, 0.2) is 90.3 Å². The molecule has 2 aliphatic rings. The summed E-state index contributed by atoms with van der Waals surface area (Å²) in [5, 5.41) is 5.10. The molecule has 2 aromatic carbocycles. The third kappa shape index (κ3) is 4.06. The van der Waals surface area contributed by atoms with Crippen molar-refractivity contribution in [2.75, 3.05) is 12.9 Å². The van der Waals surface area contributed by atoms with E-state index in [0.29, 0.717) is 10.7 Å². The average molecular weight is 550 g/mol. The molecule has 1 unspecified atom stereocenters. The molecule has 6 rings (SSSR count). The van der Waals surface area contributed by atoms with Gasteiger partial charge in [-0.2, -0.15) is 0 Å². The van der Waals surface area contributed by atoms with Crippen LogP contribution in [0.4, 0.5) is 0 Å². The van der Waals surface area contributed by atoms with Crippen molar-refractivity contribution >= 4 is 69.0 Å². The van der Waals surface area contributed by atoms with Crippen LogP contribution in [0.5, 0.6) is 0 Å². The maximum Gasteiger partial charge on any atom is 0.372 e. The van der Waals surface area contributed by atoms with Crippen molar-refractivity contribution in [3.05, 3.63) is 77.2 Å². The van der Waals surface area contributed by atoms with Crippen molar-refractivity contribution < 1.29 is 32.8 Å². The summed E-state index contributed by atoms with van der Waals surface area (Å²) in [5.41, 5.74) is 7.13. The van der Waals surface area contributed by atoms with E-state index in [9.17, 15) is 14.4 Å². The molecule has 2 atom stereocenters. The van der Waals surface area contributed by atoms with Crippen LogP contribution in [-0.2, 0) is 24.0 Å². The van der Waals surface area contributed by atoms with Crippen molar-refractivity contribution in [3.63, 3.8) is 0 Å². The van der Waals surface area contributed by atoms with Crippen LogP contribution in [0.2, 0.25) is 0 Å². The molecule has 0 spiro atoms. The van der Waals surface area contributed by atoms with Crippen LogP contribution in [0.25, 0.3) is 21.9 Å². The molecule has 2 aromatic heterocycles. The second-order valence-electron chi connectivity index (χ2n) is 8.34. The first kappa shape index (κ1) is 24.3. The summed E-state index contributed by atoms with van der Waals surface area (Å²) in [6.45, 7) is 0. The maximum atomic E-state index is 13.4. The minimum atomic E-state index is -1.08. The number of carbonyl (C=O) groups excluding carboxylic acids is 3. The molecule has 2 N–H and O–H groups in total. The van der Waals surface area contributed by atoms with E-state index in [-0.39, 0.29) is 17.2 Å². The summed E-state index contributed by atoms with van der Waals surface area (Å²) in [6.07, 6.45) is 1.34. The van der Waals surface area contributed by atoms with E-state index in [0.717, 1.165) is 26.8 Å². The summed E-state index contributed by atoms with van der Waals surface area (Å²) >= 11 is 2.76. The number of nitrogens with zero attached hydrogens (tertiary/aromatic N) is 2. The summed E-state index contributed by atoms with van der Waals surface area (Å²) in [5.74, 6) is -2.04. The number of oxime groups is 1. The van der Waals surface area contributed by atoms with Gasteiger partial charge < -0.3 is 24.1 Å². The first-order chi connectivity index (χ1) is 18.5. The number of carbonyl (C=O) groups is 3. The highest BCUT2D eigenvalue weighted by molar-refractivity contribution is 8.06. The monoisotopic (exact) mass is 549 g/mol. The number of para-hydroxylation sites is 1. The molecule has 4 heterocycles. The van der Waals surface area contributed by atoms with E-state index in [2.05, 4.69) is 5.16 Å². The van der Waals surface area contributed by atoms with Crippen LogP contribution in [-0.4, -0.2) is 52.7 Å². The molecule has 192 valence electrons. The molecule has 0 saturated carbocycles. The number of fused-ring (bicyclic) bond motifs is 4. The van der Waals surface area contributed by atoms with Crippen molar-refractivity contribution in [1.29, 1.82) is 0 Å². The number of hydrogen-bond acceptors (Lipinski definition) is 11. The Morgan fingerprint density at radius 1 is 1.13 bits per heavy atom. The second kappa shape index (κ2) is 9.71. The van der Waals surface area contributed by atoms with Gasteiger partial charge in [0.1, 0.15) is 35.4 Å². The first-order valence-electron chi connectivity index (χ1n) is 11.4.